The molecule has 0 aliphatic rings. The Balaban J connectivity index is 1.92. The summed E-state index contributed by atoms with van der Waals surface area (Å²) >= 11 is 12.2. The lowest BCUT2D eigenvalue weighted by atomic mass is 10.1. The summed E-state index contributed by atoms with van der Waals surface area (Å²) in [6, 6.07) is 15.0. The first kappa shape index (κ1) is 25.6. The Kier molecular flexibility index (Phi) is 8.19. The van der Waals surface area contributed by atoms with Gasteiger partial charge in [-0.25, -0.2) is 18.0 Å². The van der Waals surface area contributed by atoms with E-state index in [1.165, 1.54) is 30.3 Å². The van der Waals surface area contributed by atoms with Crippen molar-refractivity contribution in [1.29, 1.82) is 0 Å². The Labute approximate surface area is 207 Å². The number of sulfonamides is 1. The molecule has 7 nitrogen and oxygen atoms in total. The Morgan fingerprint density at radius 1 is 0.824 bits per heavy atom. The van der Waals surface area contributed by atoms with Crippen molar-refractivity contribution in [3.05, 3.63) is 81.8 Å². The second-order valence-electron chi connectivity index (χ2n) is 6.99. The van der Waals surface area contributed by atoms with E-state index in [1.54, 1.807) is 44.2 Å². The number of carbonyl (C=O) groups excluding carboxylic acids is 2. The van der Waals surface area contributed by atoms with Crippen LogP contribution in [0.4, 0.5) is 5.69 Å². The molecule has 0 atom stereocenters. The van der Waals surface area contributed by atoms with Crippen molar-refractivity contribution in [3.8, 4) is 11.1 Å². The quantitative estimate of drug-likeness (QED) is 0.375. The van der Waals surface area contributed by atoms with E-state index in [0.29, 0.717) is 21.2 Å². The zero-order valence-corrected chi connectivity index (χ0v) is 20.6. The molecule has 0 amide bonds. The molecule has 10 heteroatoms. The molecule has 3 aromatic carbocycles. The van der Waals surface area contributed by atoms with Crippen LogP contribution in [0.5, 0.6) is 0 Å². The molecule has 0 radical (unpaired) electrons. The van der Waals surface area contributed by atoms with Crippen LogP contribution in [0.15, 0.2) is 65.6 Å². The fraction of sp³-hybridized carbons (Fsp3) is 0.167. The number of nitrogens with one attached hydrogen (secondary N) is 1. The van der Waals surface area contributed by atoms with Crippen LogP contribution in [0.1, 0.15) is 34.6 Å². The molecule has 3 rings (SSSR count). The highest BCUT2D eigenvalue weighted by molar-refractivity contribution is 7.92. The Morgan fingerprint density at radius 2 is 1.38 bits per heavy atom. The second-order valence-corrected chi connectivity index (χ2v) is 9.52. The van der Waals surface area contributed by atoms with Gasteiger partial charge >= 0.3 is 11.9 Å². The van der Waals surface area contributed by atoms with Gasteiger partial charge in [-0.05, 0) is 61.9 Å². The van der Waals surface area contributed by atoms with Crippen LogP contribution in [0, 0.1) is 0 Å². The number of benzene rings is 3. The molecule has 0 heterocycles. The van der Waals surface area contributed by atoms with Crippen LogP contribution in [-0.2, 0) is 19.5 Å². The summed E-state index contributed by atoms with van der Waals surface area (Å²) < 4.78 is 38.3. The maximum absolute atomic E-state index is 13.0. The van der Waals surface area contributed by atoms with Crippen molar-refractivity contribution < 1.29 is 27.5 Å². The predicted octanol–water partition coefficient (Wildman–Crippen LogP) is 5.81. The second kappa shape index (κ2) is 10.9. The maximum atomic E-state index is 13.0. The highest BCUT2D eigenvalue weighted by Gasteiger charge is 2.19. The molecule has 34 heavy (non-hydrogen) atoms. The first-order chi connectivity index (χ1) is 16.1. The van der Waals surface area contributed by atoms with E-state index in [9.17, 15) is 18.0 Å². The molecule has 0 fully saturated rings. The van der Waals surface area contributed by atoms with E-state index in [-0.39, 0.29) is 34.9 Å². The smallest absolute Gasteiger partial charge is 0.338 e. The van der Waals surface area contributed by atoms with Crippen LogP contribution in [-0.4, -0.2) is 33.6 Å². The first-order valence-electron chi connectivity index (χ1n) is 10.2. The minimum atomic E-state index is -4.05. The van der Waals surface area contributed by atoms with Gasteiger partial charge in [-0.1, -0.05) is 41.4 Å². The molecular formula is C24H21Cl2NO6S. The molecule has 1 N–H and O–H groups in total. The van der Waals surface area contributed by atoms with Gasteiger partial charge in [-0.2, -0.15) is 0 Å². The summed E-state index contributed by atoms with van der Waals surface area (Å²) in [6.07, 6.45) is 0. The lowest BCUT2D eigenvalue weighted by Gasteiger charge is -2.12. The number of hydrogen-bond donors (Lipinski definition) is 1. The monoisotopic (exact) mass is 521 g/mol. The van der Waals surface area contributed by atoms with Crippen molar-refractivity contribution >= 4 is 50.9 Å². The third kappa shape index (κ3) is 6.08. The van der Waals surface area contributed by atoms with Gasteiger partial charge in [0, 0.05) is 15.6 Å². The molecule has 3 aromatic rings. The Morgan fingerprint density at radius 3 is 1.88 bits per heavy atom. The minimum absolute atomic E-state index is 0.0119. The number of ether oxygens (including phenoxy) is 2. The van der Waals surface area contributed by atoms with E-state index >= 15 is 0 Å². The van der Waals surface area contributed by atoms with Crippen molar-refractivity contribution in [2.24, 2.45) is 0 Å². The number of rotatable bonds is 8. The largest absolute Gasteiger partial charge is 0.462 e. The molecule has 0 unspecified atom stereocenters. The molecule has 0 spiro atoms. The zero-order chi connectivity index (χ0) is 24.9. The van der Waals surface area contributed by atoms with E-state index in [2.05, 4.69) is 4.72 Å². The zero-order valence-electron chi connectivity index (χ0n) is 18.3. The normalized spacial score (nSPS) is 11.1. The summed E-state index contributed by atoms with van der Waals surface area (Å²) in [5.74, 6) is -1.39. The van der Waals surface area contributed by atoms with Crippen molar-refractivity contribution in [2.45, 2.75) is 18.7 Å². The van der Waals surface area contributed by atoms with E-state index in [0.717, 1.165) is 0 Å². The SMILES string of the molecule is CCOC(=O)c1cc(NS(=O)(=O)c2ccc(-c3ccc(Cl)cc3Cl)cc2)cc(C(=O)OCC)c1. The average molecular weight is 522 g/mol. The summed E-state index contributed by atoms with van der Waals surface area (Å²) in [4.78, 5) is 24.4. The Bertz CT molecular complexity index is 1290. The average Bonchev–Trinajstić information content (AvgIpc) is 2.79. The predicted molar refractivity (Wildman–Crippen MR) is 131 cm³/mol. The fourth-order valence-electron chi connectivity index (χ4n) is 3.10. The molecule has 0 aliphatic carbocycles. The van der Waals surface area contributed by atoms with Gasteiger partial charge < -0.3 is 9.47 Å². The minimum Gasteiger partial charge on any atom is -0.462 e. The van der Waals surface area contributed by atoms with Gasteiger partial charge in [-0.15, -0.1) is 0 Å². The first-order valence-corrected chi connectivity index (χ1v) is 12.5. The van der Waals surface area contributed by atoms with E-state index < -0.39 is 22.0 Å². The number of halogens is 2. The van der Waals surface area contributed by atoms with Gasteiger partial charge in [0.1, 0.15) is 0 Å². The summed E-state index contributed by atoms with van der Waals surface area (Å²) in [6.45, 7) is 3.51. The fourth-order valence-corrected chi connectivity index (χ4v) is 4.66. The van der Waals surface area contributed by atoms with E-state index in [1.807, 2.05) is 0 Å². The lowest BCUT2D eigenvalue weighted by Crippen LogP contribution is -2.15. The number of hydrogen-bond acceptors (Lipinski definition) is 6. The van der Waals surface area contributed by atoms with Crippen molar-refractivity contribution in [1.82, 2.24) is 0 Å². The molecule has 0 bridgehead atoms. The van der Waals surface area contributed by atoms with Crippen LogP contribution in [0.3, 0.4) is 0 Å². The van der Waals surface area contributed by atoms with Crippen LogP contribution in [0.2, 0.25) is 10.0 Å². The van der Waals surface area contributed by atoms with Gasteiger partial charge in [-0.3, -0.25) is 4.72 Å². The highest BCUT2D eigenvalue weighted by Crippen LogP contribution is 2.31. The molecule has 0 saturated heterocycles. The standard InChI is InChI=1S/C24H21Cl2NO6S/c1-3-32-23(28)16-11-17(24(29)33-4-2)13-19(12-16)27-34(30,31)20-8-5-15(6-9-20)21-10-7-18(25)14-22(21)26/h5-14,27H,3-4H2,1-2H3. The lowest BCUT2D eigenvalue weighted by molar-refractivity contribution is 0.0525. The third-order valence-corrected chi connectivity index (χ3v) is 6.56. The summed E-state index contributed by atoms with van der Waals surface area (Å²) in [7, 11) is -4.05. The van der Waals surface area contributed by atoms with Crippen molar-refractivity contribution in [3.63, 3.8) is 0 Å². The number of esters is 2. The maximum Gasteiger partial charge on any atom is 0.338 e. The van der Waals surface area contributed by atoms with Gasteiger partial charge in [0.2, 0.25) is 0 Å². The van der Waals surface area contributed by atoms with Crippen LogP contribution in [0.25, 0.3) is 11.1 Å². The van der Waals surface area contributed by atoms with Crippen LogP contribution >= 0.6 is 23.2 Å². The summed E-state index contributed by atoms with van der Waals surface area (Å²) in [5, 5.41) is 0.924. The van der Waals surface area contributed by atoms with Gasteiger partial charge in [0.05, 0.1) is 34.9 Å². The molecular weight excluding hydrogens is 501 g/mol. The molecule has 178 valence electrons. The summed E-state index contributed by atoms with van der Waals surface area (Å²) in [5.41, 5.74) is 1.44. The third-order valence-electron chi connectivity index (χ3n) is 4.61. The molecule has 0 aliphatic heterocycles. The number of carbonyl (C=O) groups is 2. The number of anilines is 1. The molecule has 0 aromatic heterocycles. The molecule has 0 saturated carbocycles. The van der Waals surface area contributed by atoms with Gasteiger partial charge in [0.15, 0.2) is 0 Å². The topological polar surface area (TPSA) is 98.8 Å². The van der Waals surface area contributed by atoms with Crippen LogP contribution < -0.4 is 4.72 Å². The van der Waals surface area contributed by atoms with E-state index in [4.69, 9.17) is 32.7 Å². The Hall–Kier alpha value is -3.07. The van der Waals surface area contributed by atoms with Gasteiger partial charge in [0.25, 0.3) is 10.0 Å². The van der Waals surface area contributed by atoms with Crippen molar-refractivity contribution in [2.75, 3.05) is 17.9 Å². The highest BCUT2D eigenvalue weighted by atomic mass is 35.5.